The number of carbonyl (C=O) groups is 2. The van der Waals surface area contributed by atoms with Gasteiger partial charge in [0.2, 0.25) is 0 Å². The number of carboxylic acid groups (broad SMARTS) is 1. The Hall–Kier alpha value is -3.10. The molecular weight excluding hydrogens is 651 g/mol. The van der Waals surface area contributed by atoms with Gasteiger partial charge < -0.3 is 0 Å². The van der Waals surface area contributed by atoms with Gasteiger partial charge in [-0.3, -0.25) is 0 Å². The summed E-state index contributed by atoms with van der Waals surface area (Å²) in [7, 11) is 7.84. The van der Waals surface area contributed by atoms with Crippen LogP contribution in [0.15, 0.2) is 39.1 Å². The van der Waals surface area contributed by atoms with Crippen LogP contribution in [0, 0.1) is 25.7 Å². The molecule has 7 nitrogen and oxygen atoms in total. The fourth-order valence-corrected chi connectivity index (χ4v) is 16.6. The molecule has 2 aromatic heterocycles. The van der Waals surface area contributed by atoms with Gasteiger partial charge in [-0.2, -0.15) is 0 Å². The first-order valence-electron chi connectivity index (χ1n) is 14.6. The Balaban J connectivity index is 1.70. The van der Waals surface area contributed by atoms with Crippen LogP contribution in [0.1, 0.15) is 84.9 Å². The average molecular weight is 683 g/mol. The van der Waals surface area contributed by atoms with Gasteiger partial charge in [0, 0.05) is 0 Å². The molecule has 42 heavy (non-hydrogen) atoms. The molecule has 1 aliphatic carbocycles. The summed E-state index contributed by atoms with van der Waals surface area (Å²) in [6, 6.07) is 0. The average Bonchev–Trinajstić information content (AvgIpc) is 3.68. The number of carbonyl (C=O) groups excluding carboxylic acids is 1. The monoisotopic (exact) mass is 682 g/mol. The molecule has 0 saturated heterocycles. The molecule has 0 fully saturated rings. The summed E-state index contributed by atoms with van der Waals surface area (Å²) in [6.45, 7) is 14.7. The first-order valence-corrected chi connectivity index (χ1v) is 21.7. The molecule has 9 heteroatoms. The van der Waals surface area contributed by atoms with Crippen LogP contribution >= 0.6 is 8.58 Å². The van der Waals surface area contributed by atoms with Gasteiger partial charge in [-0.15, -0.1) is 0 Å². The second kappa shape index (κ2) is 9.71. The minimum absolute atomic E-state index is 0.00472. The SMILES string of the molecule is C=Cc1c(C)c2[n]3c1=CC1=NC(=Cc4c(C)c5c([n]4[In]3[Cl])C(=C3N=C(C=2)[C@@H](C)[C@@H]3CCC(=O)O)CC5=O)C(CC)=C1C. The molecule has 0 spiro atoms. The minimum atomic E-state index is -3.57. The number of Topliss-reactive ketones (excluding diaryl/α,β-unsaturated/α-hetero) is 1. The normalized spacial score (nSPS) is 21.7. The third kappa shape index (κ3) is 3.67. The Kier molecular flexibility index (Phi) is 6.41. The number of aliphatic imine (C=N–C) groups is 2. The van der Waals surface area contributed by atoms with Crippen molar-refractivity contribution in [2.75, 3.05) is 0 Å². The number of hydrogen-bond acceptors (Lipinski definition) is 4. The second-order valence-corrected chi connectivity index (χ2v) is 19.2. The number of ketones is 1. The Morgan fingerprint density at radius 3 is 2.62 bits per heavy atom. The topological polar surface area (TPSA) is 88.9 Å². The zero-order valence-electron chi connectivity index (χ0n) is 24.5. The van der Waals surface area contributed by atoms with Crippen LogP contribution < -0.4 is 10.7 Å². The molecule has 5 aliphatic rings. The number of carboxylic acids is 1. The van der Waals surface area contributed by atoms with E-state index < -0.39 is 26.8 Å². The molecule has 4 aliphatic heterocycles. The summed E-state index contributed by atoms with van der Waals surface area (Å²) in [5.41, 5.74) is 12.5. The van der Waals surface area contributed by atoms with Crippen molar-refractivity contribution in [3.05, 3.63) is 73.5 Å². The van der Waals surface area contributed by atoms with Crippen molar-refractivity contribution in [2.45, 2.75) is 60.3 Å². The van der Waals surface area contributed by atoms with E-state index >= 15 is 0 Å². The second-order valence-electron chi connectivity index (χ2n) is 11.9. The number of halogens is 1. The fraction of sp³-hybridized carbons (Fsp3) is 0.333. The molecular formula is C33H32ClInN4O3. The third-order valence-electron chi connectivity index (χ3n) is 9.83. The van der Waals surface area contributed by atoms with Crippen molar-refractivity contribution in [3.63, 3.8) is 0 Å². The van der Waals surface area contributed by atoms with Gasteiger partial charge in [-0.25, -0.2) is 0 Å². The molecule has 0 aromatic carbocycles. The number of aromatic nitrogens is 2. The fourth-order valence-electron chi connectivity index (χ4n) is 7.63. The zero-order chi connectivity index (χ0) is 29.8. The molecule has 0 radical (unpaired) electrons. The predicted octanol–water partition coefficient (Wildman–Crippen LogP) is 5.15. The van der Waals surface area contributed by atoms with E-state index in [1.165, 1.54) is 5.57 Å². The molecule has 0 unspecified atom stereocenters. The number of fused-ring (bicyclic) bond motifs is 2. The summed E-state index contributed by atoms with van der Waals surface area (Å²) in [5, 5.41) is 11.6. The standard InChI is InChI=1S/C33H34N4O3.ClH.In/c1-7-19-15(3)23-12-25-17(5)21(9-10-30(39)40)32(36-25)22-11-29(38)31-18(6)26(37-33(22)31)14-28-20(8-2)16(4)24(35-28)13-27(19)34-23;;/h7,12-14,17,21H,1,8-11H2,2-6H3,(H3,34,35,36,37,38,39,40);1H;/q;;+3/p-3/t17-,21-;;/m0../s1. The van der Waals surface area contributed by atoms with Crippen LogP contribution in [0.2, 0.25) is 0 Å². The third-order valence-corrected chi connectivity index (χ3v) is 18.0. The van der Waals surface area contributed by atoms with Gasteiger partial charge >= 0.3 is 258 Å². The summed E-state index contributed by atoms with van der Waals surface area (Å²) < 4.78 is 4.64. The maximum absolute atomic E-state index is 13.8. The number of allylic oxidation sites excluding steroid dienone is 4. The molecule has 2 atom stereocenters. The molecule has 212 valence electrons. The Morgan fingerprint density at radius 2 is 1.93 bits per heavy atom. The van der Waals surface area contributed by atoms with E-state index in [0.29, 0.717) is 6.42 Å². The Morgan fingerprint density at radius 1 is 1.17 bits per heavy atom. The van der Waals surface area contributed by atoms with Crippen LogP contribution in [-0.4, -0.2) is 54.2 Å². The molecule has 1 N–H and O–H groups in total. The maximum atomic E-state index is 13.8. The van der Waals surface area contributed by atoms with E-state index in [1.54, 1.807) is 0 Å². The summed E-state index contributed by atoms with van der Waals surface area (Å²) in [6.07, 6.45) is 9.96. The molecule has 0 saturated carbocycles. The summed E-state index contributed by atoms with van der Waals surface area (Å²) in [4.78, 5) is 35.8. The van der Waals surface area contributed by atoms with Crippen LogP contribution in [-0.2, 0) is 4.79 Å². The van der Waals surface area contributed by atoms with Gasteiger partial charge in [-0.05, 0) is 0 Å². The Labute approximate surface area is 256 Å². The molecule has 6 heterocycles. The predicted molar refractivity (Wildman–Crippen MR) is 170 cm³/mol. The number of hydrogen-bond donors (Lipinski definition) is 1. The molecule has 2 aromatic rings. The summed E-state index contributed by atoms with van der Waals surface area (Å²) >= 11 is -3.57. The van der Waals surface area contributed by atoms with Crippen LogP contribution in [0.3, 0.4) is 0 Å². The van der Waals surface area contributed by atoms with Crippen LogP contribution in [0.5, 0.6) is 0 Å². The van der Waals surface area contributed by atoms with Crippen molar-refractivity contribution in [3.8, 4) is 0 Å². The quantitative estimate of drug-likeness (QED) is 0.474. The van der Waals surface area contributed by atoms with Crippen LogP contribution in [0.25, 0.3) is 29.9 Å². The number of rotatable bonds is 5. The molecule has 6 bridgehead atoms. The van der Waals surface area contributed by atoms with Gasteiger partial charge in [0.1, 0.15) is 0 Å². The van der Waals surface area contributed by atoms with Gasteiger partial charge in [0.25, 0.3) is 0 Å². The molecule has 0 amide bonds. The van der Waals surface area contributed by atoms with Crippen molar-refractivity contribution < 1.29 is 14.7 Å². The zero-order valence-corrected chi connectivity index (χ0v) is 28.6. The van der Waals surface area contributed by atoms with Gasteiger partial charge in [0.15, 0.2) is 0 Å². The van der Waals surface area contributed by atoms with E-state index in [-0.39, 0.29) is 30.5 Å². The van der Waals surface area contributed by atoms with Gasteiger partial charge in [-0.1, -0.05) is 0 Å². The first kappa shape index (κ1) is 27.7. The first-order chi connectivity index (χ1) is 20.1. The number of aliphatic carboxylic acids is 1. The summed E-state index contributed by atoms with van der Waals surface area (Å²) in [5.74, 6) is -0.857. The van der Waals surface area contributed by atoms with E-state index in [1.807, 2.05) is 13.0 Å². The number of nitrogens with zero attached hydrogens (tertiary/aromatic N) is 4. The van der Waals surface area contributed by atoms with Crippen molar-refractivity contribution in [2.24, 2.45) is 21.8 Å². The molecule has 7 rings (SSSR count). The van der Waals surface area contributed by atoms with Crippen molar-refractivity contribution in [1.29, 1.82) is 0 Å². The van der Waals surface area contributed by atoms with E-state index in [4.69, 9.17) is 18.6 Å². The van der Waals surface area contributed by atoms with Gasteiger partial charge in [0.05, 0.1) is 0 Å². The van der Waals surface area contributed by atoms with E-state index in [0.717, 1.165) is 84.7 Å². The van der Waals surface area contributed by atoms with E-state index in [9.17, 15) is 14.7 Å². The van der Waals surface area contributed by atoms with E-state index in [2.05, 4.69) is 57.6 Å². The Bertz CT molecular complexity index is 1980. The van der Waals surface area contributed by atoms with Crippen molar-refractivity contribution >= 4 is 82.5 Å². The van der Waals surface area contributed by atoms with Crippen LogP contribution in [0.4, 0.5) is 0 Å². The van der Waals surface area contributed by atoms with Crippen molar-refractivity contribution in [1.82, 2.24) is 5.11 Å².